The molecule has 1 heterocycles. The summed E-state index contributed by atoms with van der Waals surface area (Å²) in [6.45, 7) is 2.53. The molecule has 0 bridgehead atoms. The van der Waals surface area contributed by atoms with Gasteiger partial charge in [0.05, 0.1) is 0 Å². The third-order valence-electron chi connectivity index (χ3n) is 3.70. The third kappa shape index (κ3) is 3.71. The normalized spacial score (nSPS) is 17.3. The molecule has 1 aliphatic heterocycles. The Kier molecular flexibility index (Phi) is 4.77. The largest absolute Gasteiger partial charge is 0.478 e. The Hall–Kier alpha value is -2.11. The standard InChI is InChI=1S/C15H19FN2O3/c1-10(21-13-5-3-2-4-12(13)16)15(20)18-8-6-11(7-9-18)14(17)19/h2-5,10-11H,6-9H2,1H3,(H2,17,19)/t10-/m1/s1. The van der Waals surface area contributed by atoms with Crippen molar-refractivity contribution in [2.75, 3.05) is 13.1 Å². The van der Waals surface area contributed by atoms with Crippen LogP contribution in [0, 0.1) is 11.7 Å². The number of carbonyl (C=O) groups excluding carboxylic acids is 2. The minimum atomic E-state index is -0.771. The predicted molar refractivity (Wildman–Crippen MR) is 75.0 cm³/mol. The van der Waals surface area contributed by atoms with Crippen LogP contribution in [0.25, 0.3) is 0 Å². The van der Waals surface area contributed by atoms with Crippen molar-refractivity contribution in [1.82, 2.24) is 4.90 Å². The van der Waals surface area contributed by atoms with Crippen LogP contribution < -0.4 is 10.5 Å². The lowest BCUT2D eigenvalue weighted by molar-refractivity contribution is -0.140. The van der Waals surface area contributed by atoms with Gasteiger partial charge in [-0.2, -0.15) is 0 Å². The van der Waals surface area contributed by atoms with Gasteiger partial charge in [-0.15, -0.1) is 0 Å². The molecule has 1 aliphatic rings. The molecule has 0 spiro atoms. The molecule has 0 unspecified atom stereocenters. The number of halogens is 1. The number of likely N-dealkylation sites (tertiary alicyclic amines) is 1. The zero-order valence-electron chi connectivity index (χ0n) is 11.9. The summed E-state index contributed by atoms with van der Waals surface area (Å²) in [7, 11) is 0. The summed E-state index contributed by atoms with van der Waals surface area (Å²) in [5.74, 6) is -1.13. The number of hydrogen-bond donors (Lipinski definition) is 1. The number of amides is 2. The van der Waals surface area contributed by atoms with Gasteiger partial charge in [0.25, 0.3) is 5.91 Å². The molecule has 2 rings (SSSR count). The van der Waals surface area contributed by atoms with Crippen LogP contribution in [0.2, 0.25) is 0 Å². The molecule has 0 saturated carbocycles. The highest BCUT2D eigenvalue weighted by atomic mass is 19.1. The fourth-order valence-corrected chi connectivity index (χ4v) is 2.42. The van der Waals surface area contributed by atoms with Gasteiger partial charge in [-0.3, -0.25) is 9.59 Å². The van der Waals surface area contributed by atoms with Crippen LogP contribution in [-0.4, -0.2) is 35.9 Å². The lowest BCUT2D eigenvalue weighted by atomic mass is 9.96. The molecule has 2 amide bonds. The van der Waals surface area contributed by atoms with Crippen molar-refractivity contribution in [3.8, 4) is 5.75 Å². The molecule has 2 N–H and O–H groups in total. The fraction of sp³-hybridized carbons (Fsp3) is 0.467. The maximum Gasteiger partial charge on any atom is 0.263 e. The smallest absolute Gasteiger partial charge is 0.263 e. The van der Waals surface area contributed by atoms with Gasteiger partial charge in [0.2, 0.25) is 5.91 Å². The first-order chi connectivity index (χ1) is 9.99. The second-order valence-electron chi connectivity index (χ2n) is 5.19. The molecule has 0 aliphatic carbocycles. The number of para-hydroxylation sites is 1. The van der Waals surface area contributed by atoms with Gasteiger partial charge >= 0.3 is 0 Å². The van der Waals surface area contributed by atoms with Crippen molar-refractivity contribution in [2.24, 2.45) is 11.7 Å². The van der Waals surface area contributed by atoms with Gasteiger partial charge < -0.3 is 15.4 Å². The molecule has 0 radical (unpaired) electrons. The van der Waals surface area contributed by atoms with E-state index in [4.69, 9.17) is 10.5 Å². The molecular weight excluding hydrogens is 275 g/mol. The first-order valence-electron chi connectivity index (χ1n) is 6.98. The number of piperidine rings is 1. The van der Waals surface area contributed by atoms with Crippen molar-refractivity contribution >= 4 is 11.8 Å². The van der Waals surface area contributed by atoms with E-state index in [1.54, 1.807) is 24.0 Å². The minimum absolute atomic E-state index is 0.0605. The molecule has 1 aromatic rings. The van der Waals surface area contributed by atoms with Gasteiger partial charge in [-0.25, -0.2) is 4.39 Å². The van der Waals surface area contributed by atoms with Crippen molar-refractivity contribution in [2.45, 2.75) is 25.9 Å². The zero-order valence-corrected chi connectivity index (χ0v) is 11.9. The van der Waals surface area contributed by atoms with Crippen LogP contribution >= 0.6 is 0 Å². The summed E-state index contributed by atoms with van der Waals surface area (Å²) in [5, 5.41) is 0. The quantitative estimate of drug-likeness (QED) is 0.910. The summed E-state index contributed by atoms with van der Waals surface area (Å²) in [5.41, 5.74) is 5.26. The molecule has 1 fully saturated rings. The summed E-state index contributed by atoms with van der Waals surface area (Å²) < 4.78 is 18.9. The van der Waals surface area contributed by atoms with E-state index < -0.39 is 11.9 Å². The topological polar surface area (TPSA) is 72.6 Å². The highest BCUT2D eigenvalue weighted by Crippen LogP contribution is 2.20. The van der Waals surface area contributed by atoms with E-state index in [0.717, 1.165) is 0 Å². The highest BCUT2D eigenvalue weighted by Gasteiger charge is 2.29. The van der Waals surface area contributed by atoms with Crippen LogP contribution in [0.1, 0.15) is 19.8 Å². The molecule has 21 heavy (non-hydrogen) atoms. The lowest BCUT2D eigenvalue weighted by Gasteiger charge is -2.32. The van der Waals surface area contributed by atoms with Gasteiger partial charge in [0, 0.05) is 19.0 Å². The van der Waals surface area contributed by atoms with Crippen molar-refractivity contribution in [1.29, 1.82) is 0 Å². The summed E-state index contributed by atoms with van der Waals surface area (Å²) in [4.78, 5) is 25.0. The summed E-state index contributed by atoms with van der Waals surface area (Å²) >= 11 is 0. The molecular formula is C15H19FN2O3. The third-order valence-corrected chi connectivity index (χ3v) is 3.70. The second kappa shape index (κ2) is 6.56. The van der Waals surface area contributed by atoms with Crippen molar-refractivity contribution in [3.63, 3.8) is 0 Å². The Balaban J connectivity index is 1.92. The van der Waals surface area contributed by atoms with Gasteiger partial charge in [0.15, 0.2) is 17.7 Å². The molecule has 5 nitrogen and oxygen atoms in total. The number of benzene rings is 1. The van der Waals surface area contributed by atoms with Gasteiger partial charge in [-0.1, -0.05) is 12.1 Å². The van der Waals surface area contributed by atoms with E-state index in [2.05, 4.69) is 0 Å². The predicted octanol–water partition coefficient (Wildman–Crippen LogP) is 1.32. The molecule has 6 heteroatoms. The maximum atomic E-state index is 13.5. The van der Waals surface area contributed by atoms with E-state index in [-0.39, 0.29) is 23.5 Å². The molecule has 1 atom stereocenters. The number of nitrogens with two attached hydrogens (primary N) is 1. The van der Waals surface area contributed by atoms with Crippen LogP contribution in [-0.2, 0) is 9.59 Å². The molecule has 1 saturated heterocycles. The Bertz CT molecular complexity index is 527. The van der Waals surface area contributed by atoms with E-state index >= 15 is 0 Å². The van der Waals surface area contributed by atoms with Crippen molar-refractivity contribution in [3.05, 3.63) is 30.1 Å². The number of ether oxygens (including phenoxy) is 1. The SMILES string of the molecule is C[C@@H](Oc1ccccc1F)C(=O)N1CCC(C(N)=O)CC1. The number of hydrogen-bond acceptors (Lipinski definition) is 3. The van der Waals surface area contributed by atoms with Crippen molar-refractivity contribution < 1.29 is 18.7 Å². The van der Waals surface area contributed by atoms with Gasteiger partial charge in [0.1, 0.15) is 0 Å². The summed E-state index contributed by atoms with van der Waals surface area (Å²) in [6, 6.07) is 5.97. The van der Waals surface area contributed by atoms with E-state index in [1.807, 2.05) is 0 Å². The molecule has 1 aromatic carbocycles. The number of carbonyl (C=O) groups is 2. The summed E-state index contributed by atoms with van der Waals surface area (Å²) in [6.07, 6.45) is 0.355. The Morgan fingerprint density at radius 1 is 1.33 bits per heavy atom. The monoisotopic (exact) mass is 294 g/mol. The molecule has 114 valence electrons. The van der Waals surface area contributed by atoms with E-state index in [1.165, 1.54) is 12.1 Å². The maximum absolute atomic E-state index is 13.5. The average molecular weight is 294 g/mol. The fourth-order valence-electron chi connectivity index (χ4n) is 2.42. The van der Waals surface area contributed by atoms with Crippen LogP contribution in [0.4, 0.5) is 4.39 Å². The number of nitrogens with zero attached hydrogens (tertiary/aromatic N) is 1. The lowest BCUT2D eigenvalue weighted by Crippen LogP contribution is -2.46. The molecule has 0 aromatic heterocycles. The van der Waals surface area contributed by atoms with Crippen LogP contribution in [0.3, 0.4) is 0 Å². The first kappa shape index (κ1) is 15.3. The number of rotatable bonds is 4. The second-order valence-corrected chi connectivity index (χ2v) is 5.19. The zero-order chi connectivity index (χ0) is 15.4. The number of primary amides is 1. The average Bonchev–Trinajstić information content (AvgIpc) is 2.49. The van der Waals surface area contributed by atoms with Gasteiger partial charge in [-0.05, 0) is 31.9 Å². The highest BCUT2D eigenvalue weighted by molar-refractivity contribution is 5.82. The Morgan fingerprint density at radius 2 is 1.95 bits per heavy atom. The van der Waals surface area contributed by atoms with Crippen LogP contribution in [0.15, 0.2) is 24.3 Å². The Labute approximate surface area is 122 Å². The minimum Gasteiger partial charge on any atom is -0.478 e. The van der Waals surface area contributed by atoms with E-state index in [9.17, 15) is 14.0 Å². The van der Waals surface area contributed by atoms with E-state index in [0.29, 0.717) is 25.9 Å². The Morgan fingerprint density at radius 3 is 2.52 bits per heavy atom. The van der Waals surface area contributed by atoms with Crippen LogP contribution in [0.5, 0.6) is 5.75 Å². The first-order valence-corrected chi connectivity index (χ1v) is 6.98.